The van der Waals surface area contributed by atoms with Crippen molar-refractivity contribution in [3.63, 3.8) is 0 Å². The molecule has 158 valence electrons. The van der Waals surface area contributed by atoms with Crippen LogP contribution in [-0.4, -0.2) is 36.2 Å². The van der Waals surface area contributed by atoms with Crippen molar-refractivity contribution in [2.75, 3.05) is 6.54 Å². The van der Waals surface area contributed by atoms with E-state index in [-0.39, 0.29) is 16.7 Å². The van der Waals surface area contributed by atoms with E-state index in [9.17, 15) is 13.2 Å². The minimum atomic E-state index is -3.75. The lowest BCUT2D eigenvalue weighted by molar-refractivity contribution is -0.124. The van der Waals surface area contributed by atoms with Gasteiger partial charge >= 0.3 is 0 Å². The molecule has 1 saturated heterocycles. The number of nitrogens with one attached hydrogen (secondary N) is 1. The summed E-state index contributed by atoms with van der Waals surface area (Å²) < 4.78 is 27.6. The lowest BCUT2D eigenvalue weighted by Gasteiger charge is -2.22. The van der Waals surface area contributed by atoms with Crippen molar-refractivity contribution in [2.45, 2.75) is 29.6 Å². The van der Waals surface area contributed by atoms with Gasteiger partial charge in [-0.2, -0.15) is 4.31 Å². The molecule has 4 rings (SSSR count). The number of sulfonamides is 1. The number of benzene rings is 1. The second-order valence-electron chi connectivity index (χ2n) is 6.68. The topological polar surface area (TPSA) is 79.4 Å². The molecule has 1 amide bonds. The molecule has 2 aromatic heterocycles. The van der Waals surface area contributed by atoms with Crippen molar-refractivity contribution in [3.05, 3.63) is 56.1 Å². The summed E-state index contributed by atoms with van der Waals surface area (Å²) in [7, 11) is -3.75. The second-order valence-corrected chi connectivity index (χ2v) is 11.9. The molecule has 0 aliphatic carbocycles. The third-order valence-corrected chi connectivity index (χ3v) is 9.43. The molecule has 30 heavy (non-hydrogen) atoms. The number of thiazole rings is 1. The number of amides is 1. The summed E-state index contributed by atoms with van der Waals surface area (Å²) in [6.45, 7) is 0.556. The van der Waals surface area contributed by atoms with Gasteiger partial charge in [-0.3, -0.25) is 4.79 Å². The van der Waals surface area contributed by atoms with Crippen LogP contribution in [0.1, 0.15) is 17.8 Å². The van der Waals surface area contributed by atoms with Crippen LogP contribution in [0.15, 0.2) is 46.0 Å². The Balaban J connectivity index is 1.42. The van der Waals surface area contributed by atoms with Gasteiger partial charge in [0.15, 0.2) is 0 Å². The van der Waals surface area contributed by atoms with Crippen LogP contribution in [0.4, 0.5) is 0 Å². The van der Waals surface area contributed by atoms with E-state index < -0.39 is 16.1 Å². The van der Waals surface area contributed by atoms with Gasteiger partial charge in [0.1, 0.15) is 15.3 Å². The summed E-state index contributed by atoms with van der Waals surface area (Å²) in [6, 6.07) is 9.66. The van der Waals surface area contributed by atoms with Crippen LogP contribution >= 0.6 is 45.9 Å². The van der Waals surface area contributed by atoms with Gasteiger partial charge in [0.25, 0.3) is 10.0 Å². The number of nitrogens with zero attached hydrogens (tertiary/aromatic N) is 2. The molecule has 1 aliphatic rings. The van der Waals surface area contributed by atoms with Crippen LogP contribution in [0, 0.1) is 0 Å². The van der Waals surface area contributed by atoms with E-state index in [1.165, 1.54) is 21.7 Å². The number of carbonyl (C=O) groups excluding carboxylic acids is 1. The van der Waals surface area contributed by atoms with E-state index in [1.54, 1.807) is 18.2 Å². The standard InChI is InChI=1S/C19H17Cl2N3O3S3/c20-13-5-3-12(4-6-13)14-11-28-17(23-14)10-22-19(25)15-2-1-9-24(15)30(26,27)18-8-7-16(21)29-18/h3-8,11,15H,1-2,9-10H2,(H,22,25)/t15-/m0/s1. The van der Waals surface area contributed by atoms with Gasteiger partial charge in [0.2, 0.25) is 5.91 Å². The molecule has 6 nitrogen and oxygen atoms in total. The molecule has 1 aromatic carbocycles. The van der Waals surface area contributed by atoms with Crippen LogP contribution in [0.2, 0.25) is 9.36 Å². The molecule has 0 spiro atoms. The first-order valence-corrected chi connectivity index (χ1v) is 13.0. The number of halogens is 2. The third kappa shape index (κ3) is 4.56. The maximum atomic E-state index is 12.9. The maximum Gasteiger partial charge on any atom is 0.253 e. The Hall–Kier alpha value is -1.49. The molecular formula is C19H17Cl2N3O3S3. The molecule has 0 saturated carbocycles. The summed E-state index contributed by atoms with van der Waals surface area (Å²) in [5.41, 5.74) is 1.75. The van der Waals surface area contributed by atoms with Gasteiger partial charge < -0.3 is 5.32 Å². The van der Waals surface area contributed by atoms with Crippen molar-refractivity contribution in [1.29, 1.82) is 0 Å². The number of carbonyl (C=O) groups is 1. The Bertz CT molecular complexity index is 1160. The molecule has 0 unspecified atom stereocenters. The Labute approximate surface area is 192 Å². The fourth-order valence-electron chi connectivity index (χ4n) is 3.27. The molecule has 0 radical (unpaired) electrons. The zero-order chi connectivity index (χ0) is 21.3. The molecule has 11 heteroatoms. The lowest BCUT2D eigenvalue weighted by Crippen LogP contribution is -2.45. The quantitative estimate of drug-likeness (QED) is 0.533. The Morgan fingerprint density at radius 1 is 1.20 bits per heavy atom. The first-order valence-electron chi connectivity index (χ1n) is 9.10. The van der Waals surface area contributed by atoms with E-state index in [1.807, 2.05) is 17.5 Å². The van der Waals surface area contributed by atoms with E-state index >= 15 is 0 Å². The average Bonchev–Trinajstić information content (AvgIpc) is 3.47. The predicted molar refractivity (Wildman–Crippen MR) is 121 cm³/mol. The molecular weight excluding hydrogens is 485 g/mol. The first-order chi connectivity index (χ1) is 14.3. The van der Waals surface area contributed by atoms with Crippen LogP contribution < -0.4 is 5.32 Å². The molecule has 0 bridgehead atoms. The monoisotopic (exact) mass is 501 g/mol. The highest BCUT2D eigenvalue weighted by atomic mass is 35.5. The van der Waals surface area contributed by atoms with Crippen molar-refractivity contribution in [1.82, 2.24) is 14.6 Å². The SMILES string of the molecule is O=C(NCc1nc(-c2ccc(Cl)cc2)cs1)[C@@H]1CCCN1S(=O)(=O)c1ccc(Cl)s1. The van der Waals surface area contributed by atoms with Gasteiger partial charge in [0, 0.05) is 22.5 Å². The summed E-state index contributed by atoms with van der Waals surface area (Å²) >= 11 is 14.2. The van der Waals surface area contributed by atoms with Crippen molar-refractivity contribution in [3.8, 4) is 11.3 Å². The number of rotatable bonds is 6. The summed E-state index contributed by atoms with van der Waals surface area (Å²) in [4.78, 5) is 17.3. The summed E-state index contributed by atoms with van der Waals surface area (Å²) in [5, 5.41) is 6.14. The largest absolute Gasteiger partial charge is 0.348 e. The smallest absolute Gasteiger partial charge is 0.253 e. The van der Waals surface area contributed by atoms with Gasteiger partial charge in [0.05, 0.1) is 16.6 Å². The van der Waals surface area contributed by atoms with Gasteiger partial charge in [-0.1, -0.05) is 35.3 Å². The summed E-state index contributed by atoms with van der Waals surface area (Å²) in [5.74, 6) is -0.318. The molecule has 1 fully saturated rings. The fraction of sp³-hybridized carbons (Fsp3) is 0.263. The average molecular weight is 502 g/mol. The molecule has 1 N–H and O–H groups in total. The van der Waals surface area contributed by atoms with Gasteiger partial charge in [-0.05, 0) is 37.1 Å². The van der Waals surface area contributed by atoms with Crippen LogP contribution in [-0.2, 0) is 21.4 Å². The van der Waals surface area contributed by atoms with Crippen LogP contribution in [0.5, 0.6) is 0 Å². The highest BCUT2D eigenvalue weighted by Crippen LogP contribution is 2.32. The van der Waals surface area contributed by atoms with E-state index in [2.05, 4.69) is 10.3 Å². The number of aromatic nitrogens is 1. The highest BCUT2D eigenvalue weighted by Gasteiger charge is 2.40. The van der Waals surface area contributed by atoms with Gasteiger partial charge in [-0.25, -0.2) is 13.4 Å². The minimum absolute atomic E-state index is 0.153. The first kappa shape index (κ1) is 21.7. The number of hydrogen-bond donors (Lipinski definition) is 1. The Kier molecular flexibility index (Phi) is 6.47. The van der Waals surface area contributed by atoms with Crippen molar-refractivity contribution < 1.29 is 13.2 Å². The second kappa shape index (κ2) is 8.94. The number of hydrogen-bond acceptors (Lipinski definition) is 6. The normalized spacial score (nSPS) is 17.3. The zero-order valence-corrected chi connectivity index (χ0v) is 19.5. The molecule has 1 atom stereocenters. The highest BCUT2D eigenvalue weighted by molar-refractivity contribution is 7.91. The molecule has 1 aliphatic heterocycles. The number of thiophene rings is 1. The van der Waals surface area contributed by atoms with Gasteiger partial charge in [-0.15, -0.1) is 22.7 Å². The molecule has 3 aromatic rings. The minimum Gasteiger partial charge on any atom is -0.348 e. The van der Waals surface area contributed by atoms with E-state index in [0.29, 0.717) is 28.7 Å². The van der Waals surface area contributed by atoms with Crippen molar-refractivity contribution in [2.24, 2.45) is 0 Å². The van der Waals surface area contributed by atoms with E-state index in [4.69, 9.17) is 23.2 Å². The molecule has 3 heterocycles. The zero-order valence-electron chi connectivity index (χ0n) is 15.5. The van der Waals surface area contributed by atoms with Crippen LogP contribution in [0.3, 0.4) is 0 Å². The third-order valence-electron chi connectivity index (χ3n) is 4.72. The Morgan fingerprint density at radius 2 is 1.97 bits per heavy atom. The van der Waals surface area contributed by atoms with Crippen molar-refractivity contribution >= 4 is 61.8 Å². The predicted octanol–water partition coefficient (Wildman–Crippen LogP) is 4.65. The fourth-order valence-corrected chi connectivity index (χ4v) is 7.41. The van der Waals surface area contributed by atoms with Crippen LogP contribution in [0.25, 0.3) is 11.3 Å². The Morgan fingerprint density at radius 3 is 2.67 bits per heavy atom. The maximum absolute atomic E-state index is 12.9. The van der Waals surface area contributed by atoms with E-state index in [0.717, 1.165) is 27.6 Å². The lowest BCUT2D eigenvalue weighted by atomic mass is 10.2. The summed E-state index contributed by atoms with van der Waals surface area (Å²) in [6.07, 6.45) is 1.12.